The van der Waals surface area contributed by atoms with E-state index in [4.69, 9.17) is 4.43 Å². The zero-order valence-electron chi connectivity index (χ0n) is 17.1. The molecule has 0 saturated heterocycles. The van der Waals surface area contributed by atoms with Gasteiger partial charge in [0.05, 0.1) is 0 Å². The molecule has 29 heavy (non-hydrogen) atoms. The predicted octanol–water partition coefficient (Wildman–Crippen LogP) is 5.50. The summed E-state index contributed by atoms with van der Waals surface area (Å²) in [7, 11) is 3.33. The summed E-state index contributed by atoms with van der Waals surface area (Å²) >= 11 is 0. The molecule has 0 N–H and O–H groups in total. The minimum atomic E-state index is -1.12. The van der Waals surface area contributed by atoms with Gasteiger partial charge < -0.3 is 4.43 Å². The number of rotatable bonds is 3. The van der Waals surface area contributed by atoms with Crippen molar-refractivity contribution in [3.63, 3.8) is 0 Å². The number of hydrogen-bond donors (Lipinski definition) is 0. The van der Waals surface area contributed by atoms with Crippen LogP contribution in [-0.4, -0.2) is 16.3 Å². The molecule has 0 fully saturated rings. The summed E-state index contributed by atoms with van der Waals surface area (Å²) in [4.78, 5) is 14.1. The molecule has 2 atom stereocenters. The summed E-state index contributed by atoms with van der Waals surface area (Å²) in [5.74, 6) is -0.146. The van der Waals surface area contributed by atoms with Crippen LogP contribution in [0.5, 0.6) is 0 Å². The van der Waals surface area contributed by atoms with Gasteiger partial charge in [-0.3, -0.25) is 4.79 Å². The molecule has 3 aromatic carbocycles. The average molecular weight is 398 g/mol. The molecular weight excluding hydrogens is 372 g/mol. The Morgan fingerprint density at radius 1 is 0.897 bits per heavy atom. The van der Waals surface area contributed by atoms with Crippen LogP contribution in [0.25, 0.3) is 0 Å². The fourth-order valence-corrected chi connectivity index (χ4v) is 5.01. The van der Waals surface area contributed by atoms with Gasteiger partial charge in [0.15, 0.2) is 11.4 Å². The molecule has 3 aromatic rings. The first kappa shape index (κ1) is 19.8. The maximum Gasteiger partial charge on any atom is 0.248 e. The second kappa shape index (κ2) is 7.40. The predicted molar refractivity (Wildman–Crippen MR) is 117 cm³/mol. The summed E-state index contributed by atoms with van der Waals surface area (Å²) in [5, 5.41) is 0. The molecule has 145 valence electrons. The van der Waals surface area contributed by atoms with Gasteiger partial charge in [-0.15, -0.1) is 0 Å². The molecule has 1 aliphatic carbocycles. The van der Waals surface area contributed by atoms with E-state index in [-0.39, 0.29) is 17.1 Å². The van der Waals surface area contributed by atoms with E-state index in [1.54, 1.807) is 0 Å². The van der Waals surface area contributed by atoms with Crippen LogP contribution in [0.3, 0.4) is 0 Å². The Labute approximate surface area is 176 Å². The Morgan fingerprint density at radius 3 is 2.10 bits per heavy atom. The van der Waals surface area contributed by atoms with Crippen molar-refractivity contribution >= 4 is 16.3 Å². The minimum absolute atomic E-state index is 0.0000898. The van der Waals surface area contributed by atoms with Crippen molar-refractivity contribution in [1.82, 2.24) is 0 Å². The number of hydrogen-bond acceptors (Lipinski definition) is 2. The van der Waals surface area contributed by atoms with Gasteiger partial charge in [0, 0.05) is 11.5 Å². The van der Waals surface area contributed by atoms with E-state index >= 15 is 0 Å². The Morgan fingerprint density at radius 2 is 1.52 bits per heavy atom. The number of carbonyl (C=O) groups is 1. The van der Waals surface area contributed by atoms with Crippen molar-refractivity contribution in [3.05, 3.63) is 107 Å². The van der Waals surface area contributed by atoms with E-state index in [2.05, 4.69) is 49.5 Å². The molecule has 0 saturated carbocycles. The van der Waals surface area contributed by atoms with Gasteiger partial charge in [-0.1, -0.05) is 99.6 Å². The quantitative estimate of drug-likeness (QED) is 0.545. The first-order valence-electron chi connectivity index (χ1n) is 10.0. The lowest BCUT2D eigenvalue weighted by atomic mass is 9.64. The second-order valence-electron chi connectivity index (χ2n) is 8.78. The number of ketones is 1. The van der Waals surface area contributed by atoms with Crippen LogP contribution in [0.4, 0.5) is 0 Å². The van der Waals surface area contributed by atoms with Gasteiger partial charge in [0.1, 0.15) is 0 Å². The lowest BCUT2D eigenvalue weighted by Crippen LogP contribution is -2.48. The lowest BCUT2D eigenvalue weighted by Gasteiger charge is -2.44. The third kappa shape index (κ3) is 3.19. The van der Waals surface area contributed by atoms with Gasteiger partial charge in [-0.25, -0.2) is 0 Å². The van der Waals surface area contributed by atoms with Crippen molar-refractivity contribution in [1.29, 1.82) is 0 Å². The highest BCUT2D eigenvalue weighted by Gasteiger charge is 2.52. The van der Waals surface area contributed by atoms with Gasteiger partial charge >= 0.3 is 0 Å². The molecule has 0 heterocycles. The summed E-state index contributed by atoms with van der Waals surface area (Å²) in [6.07, 6.45) is 0.734. The molecular formula is C26H25O2Si. The third-order valence-electron chi connectivity index (χ3n) is 6.03. The molecule has 4 rings (SSSR count). The van der Waals surface area contributed by atoms with Crippen LogP contribution in [-0.2, 0) is 21.9 Å². The Bertz CT molecular complexity index is 1020. The lowest BCUT2D eigenvalue weighted by molar-refractivity contribution is 0.0301. The SMILES string of the molecule is CC(C)(C)c1cccc2c1CC(c1ccccc1)C(O[Si])(c1ccccc1)C2=O. The van der Waals surface area contributed by atoms with Crippen LogP contribution in [0, 0.1) is 0 Å². The highest BCUT2D eigenvalue weighted by atomic mass is 28.2. The molecule has 0 aliphatic heterocycles. The fraction of sp³-hybridized carbons (Fsp3) is 0.269. The van der Waals surface area contributed by atoms with Crippen LogP contribution in [0.15, 0.2) is 78.9 Å². The van der Waals surface area contributed by atoms with Crippen LogP contribution >= 0.6 is 0 Å². The molecule has 2 unspecified atom stereocenters. The Balaban J connectivity index is 2.02. The molecule has 1 aliphatic rings. The first-order chi connectivity index (χ1) is 13.9. The van der Waals surface area contributed by atoms with Crippen molar-refractivity contribution in [2.24, 2.45) is 0 Å². The van der Waals surface area contributed by atoms with E-state index in [9.17, 15) is 4.79 Å². The van der Waals surface area contributed by atoms with Crippen LogP contribution in [0.2, 0.25) is 0 Å². The first-order valence-corrected chi connectivity index (χ1v) is 10.4. The standard InChI is InChI=1S/C26H25O2Si/c1-25(2,3)22-16-10-15-20-21(22)17-23(18-11-6-4-7-12-18)26(28-29,24(20)27)19-13-8-5-9-14-19/h4-16,23H,17H2,1-3H3. The Kier molecular flexibility index (Phi) is 5.05. The van der Waals surface area contributed by atoms with Crippen LogP contribution < -0.4 is 0 Å². The van der Waals surface area contributed by atoms with Crippen LogP contribution in [0.1, 0.15) is 59.3 Å². The van der Waals surface area contributed by atoms with Crippen molar-refractivity contribution in [3.8, 4) is 0 Å². The number of fused-ring (bicyclic) bond motifs is 1. The zero-order chi connectivity index (χ0) is 20.6. The summed E-state index contributed by atoms with van der Waals surface area (Å²) in [6.45, 7) is 6.60. The zero-order valence-corrected chi connectivity index (χ0v) is 18.1. The second-order valence-corrected chi connectivity index (χ2v) is 8.99. The largest absolute Gasteiger partial charge is 0.402 e. The van der Waals surface area contributed by atoms with Gasteiger partial charge in [-0.05, 0) is 34.1 Å². The fourth-order valence-electron chi connectivity index (χ4n) is 4.66. The molecule has 0 spiro atoms. The van der Waals surface area contributed by atoms with Gasteiger partial charge in [0.2, 0.25) is 10.5 Å². The van der Waals surface area contributed by atoms with Crippen molar-refractivity contribution < 1.29 is 9.22 Å². The van der Waals surface area contributed by atoms with Crippen molar-refractivity contribution in [2.75, 3.05) is 0 Å². The highest BCUT2D eigenvalue weighted by molar-refractivity contribution is 6.10. The number of benzene rings is 3. The number of Topliss-reactive ketones (excluding diaryl/α,β-unsaturated/α-hetero) is 1. The smallest absolute Gasteiger partial charge is 0.248 e. The molecule has 3 heteroatoms. The van der Waals surface area contributed by atoms with Gasteiger partial charge in [-0.2, -0.15) is 0 Å². The van der Waals surface area contributed by atoms with Crippen molar-refractivity contribution in [2.45, 2.75) is 44.1 Å². The molecule has 0 aromatic heterocycles. The molecule has 2 nitrogen and oxygen atoms in total. The topological polar surface area (TPSA) is 26.3 Å². The van der Waals surface area contributed by atoms with E-state index in [0.29, 0.717) is 0 Å². The van der Waals surface area contributed by atoms with E-state index in [0.717, 1.165) is 28.7 Å². The van der Waals surface area contributed by atoms with E-state index in [1.807, 2.05) is 60.7 Å². The normalized spacial score (nSPS) is 21.7. The monoisotopic (exact) mass is 397 g/mol. The molecule has 0 bridgehead atoms. The minimum Gasteiger partial charge on any atom is -0.402 e. The van der Waals surface area contributed by atoms with E-state index < -0.39 is 5.60 Å². The third-order valence-corrected chi connectivity index (χ3v) is 6.35. The summed E-state index contributed by atoms with van der Waals surface area (Å²) in [5.41, 5.74) is 3.90. The molecule has 3 radical (unpaired) electrons. The Hall–Kier alpha value is -2.49. The molecule has 0 amide bonds. The summed E-state index contributed by atoms with van der Waals surface area (Å²) < 4.78 is 5.98. The maximum atomic E-state index is 14.1. The highest BCUT2D eigenvalue weighted by Crippen LogP contribution is 2.49. The number of carbonyl (C=O) groups excluding carboxylic acids is 1. The summed E-state index contributed by atoms with van der Waals surface area (Å²) in [6, 6.07) is 26.1. The van der Waals surface area contributed by atoms with Gasteiger partial charge in [0.25, 0.3) is 0 Å². The average Bonchev–Trinajstić information content (AvgIpc) is 2.74. The van der Waals surface area contributed by atoms with E-state index in [1.165, 1.54) is 5.56 Å². The maximum absolute atomic E-state index is 14.1.